The number of benzene rings is 1. The lowest BCUT2D eigenvalue weighted by Crippen LogP contribution is -2.30. The molecule has 0 radical (unpaired) electrons. The average molecular weight is 402 g/mol. The number of carbonyl (C=O) groups excluding carboxylic acids is 2. The van der Waals surface area contributed by atoms with Crippen LogP contribution in [-0.4, -0.2) is 25.0 Å². The molecule has 0 saturated heterocycles. The number of amides is 1. The number of nitrogens with one attached hydrogen (secondary N) is 1. The first-order chi connectivity index (χ1) is 12.7. The summed E-state index contributed by atoms with van der Waals surface area (Å²) in [6.07, 6.45) is 0.783. The Morgan fingerprint density at radius 1 is 1.04 bits per heavy atom. The summed E-state index contributed by atoms with van der Waals surface area (Å²) >= 11 is 4.73. The van der Waals surface area contributed by atoms with Crippen molar-refractivity contribution in [3.05, 3.63) is 57.6 Å². The maximum atomic E-state index is 12.2. The van der Waals surface area contributed by atoms with E-state index in [2.05, 4.69) is 17.4 Å². The van der Waals surface area contributed by atoms with Crippen molar-refractivity contribution in [1.29, 1.82) is 0 Å². The van der Waals surface area contributed by atoms with Crippen molar-refractivity contribution < 1.29 is 14.3 Å². The normalized spacial score (nSPS) is 11.1. The first-order valence-corrected chi connectivity index (χ1v) is 10.6. The van der Waals surface area contributed by atoms with E-state index in [-0.39, 0.29) is 12.5 Å². The molecule has 0 aliphatic carbocycles. The molecular formula is C19H15NO3S3. The van der Waals surface area contributed by atoms with E-state index in [1.54, 1.807) is 22.7 Å². The Hall–Kier alpha value is -2.22. The Balaban J connectivity index is 1.33. The molecule has 4 nitrogen and oxygen atoms in total. The molecule has 0 unspecified atom stereocenters. The van der Waals surface area contributed by atoms with Crippen LogP contribution in [-0.2, 0) is 16.0 Å². The first kappa shape index (κ1) is 17.2. The SMILES string of the molecule is O=C(COC(=O)c1cc2sc3ccccc3c2s1)NCCc1cccs1. The maximum absolute atomic E-state index is 12.2. The Bertz CT molecular complexity index is 1060. The zero-order chi connectivity index (χ0) is 17.9. The molecule has 0 fully saturated rings. The number of esters is 1. The molecule has 0 bridgehead atoms. The van der Waals surface area contributed by atoms with Crippen molar-refractivity contribution in [3.63, 3.8) is 0 Å². The lowest BCUT2D eigenvalue weighted by atomic mass is 10.2. The van der Waals surface area contributed by atoms with Crippen LogP contribution in [0.4, 0.5) is 0 Å². The van der Waals surface area contributed by atoms with E-state index in [4.69, 9.17) is 4.74 Å². The summed E-state index contributed by atoms with van der Waals surface area (Å²) in [6.45, 7) is 0.285. The second-order valence-electron chi connectivity index (χ2n) is 5.66. The minimum Gasteiger partial charge on any atom is -0.451 e. The van der Waals surface area contributed by atoms with Crippen LogP contribution in [0.5, 0.6) is 0 Å². The second-order valence-corrected chi connectivity index (χ2v) is 8.83. The smallest absolute Gasteiger partial charge is 0.348 e. The fourth-order valence-electron chi connectivity index (χ4n) is 2.63. The van der Waals surface area contributed by atoms with Crippen LogP contribution in [0.15, 0.2) is 47.8 Å². The van der Waals surface area contributed by atoms with Gasteiger partial charge in [0.1, 0.15) is 4.88 Å². The van der Waals surface area contributed by atoms with E-state index < -0.39 is 5.97 Å². The van der Waals surface area contributed by atoms with Crippen LogP contribution < -0.4 is 5.32 Å². The van der Waals surface area contributed by atoms with Crippen LogP contribution in [0.1, 0.15) is 14.5 Å². The number of carbonyl (C=O) groups is 2. The summed E-state index contributed by atoms with van der Waals surface area (Å²) in [5.41, 5.74) is 0. The zero-order valence-electron chi connectivity index (χ0n) is 13.7. The van der Waals surface area contributed by atoms with Gasteiger partial charge in [0, 0.05) is 26.2 Å². The molecule has 0 aliphatic rings. The third-order valence-corrected chi connectivity index (χ3v) is 7.19. The molecule has 0 saturated carbocycles. The van der Waals surface area contributed by atoms with Gasteiger partial charge >= 0.3 is 5.97 Å². The van der Waals surface area contributed by atoms with Gasteiger partial charge in [-0.05, 0) is 30.0 Å². The Morgan fingerprint density at radius 3 is 2.77 bits per heavy atom. The van der Waals surface area contributed by atoms with E-state index >= 15 is 0 Å². The van der Waals surface area contributed by atoms with Gasteiger partial charge in [-0.25, -0.2) is 4.79 Å². The van der Waals surface area contributed by atoms with Gasteiger partial charge in [0.2, 0.25) is 0 Å². The molecule has 3 heterocycles. The van der Waals surface area contributed by atoms with Gasteiger partial charge in [0.25, 0.3) is 5.91 Å². The summed E-state index contributed by atoms with van der Waals surface area (Å²) < 4.78 is 8.53. The molecule has 1 aromatic carbocycles. The number of ether oxygens (including phenoxy) is 1. The Morgan fingerprint density at radius 2 is 1.92 bits per heavy atom. The van der Waals surface area contributed by atoms with Gasteiger partial charge in [-0.2, -0.15) is 0 Å². The lowest BCUT2D eigenvalue weighted by Gasteiger charge is -2.05. The maximum Gasteiger partial charge on any atom is 0.348 e. The monoisotopic (exact) mass is 401 g/mol. The van der Waals surface area contributed by atoms with Gasteiger partial charge in [0.15, 0.2) is 6.61 Å². The molecule has 4 rings (SSSR count). The third kappa shape index (κ3) is 3.65. The third-order valence-electron chi connectivity index (χ3n) is 3.86. The Kier molecular flexibility index (Phi) is 5.01. The Labute approximate surface area is 162 Å². The number of hydrogen-bond acceptors (Lipinski definition) is 6. The van der Waals surface area contributed by atoms with Crippen molar-refractivity contribution >= 4 is 65.4 Å². The van der Waals surface area contributed by atoms with Crippen LogP contribution in [0.25, 0.3) is 19.5 Å². The predicted molar refractivity (Wildman–Crippen MR) is 109 cm³/mol. The van der Waals surface area contributed by atoms with E-state index in [0.717, 1.165) is 21.2 Å². The average Bonchev–Trinajstić information content (AvgIpc) is 3.35. The summed E-state index contributed by atoms with van der Waals surface area (Å²) in [6, 6.07) is 14.0. The predicted octanol–water partition coefficient (Wildman–Crippen LogP) is 4.69. The molecule has 0 aliphatic heterocycles. The number of fused-ring (bicyclic) bond motifs is 3. The standard InChI is InChI=1S/C19H15NO3S3/c21-17(20-8-7-12-4-3-9-24-12)11-23-19(22)16-10-15-18(26-16)13-5-1-2-6-14(13)25-15/h1-6,9-10H,7-8,11H2,(H,20,21). The minimum absolute atomic E-state index is 0.254. The fourth-order valence-corrected chi connectivity index (χ4v) is 5.76. The molecule has 132 valence electrons. The highest BCUT2D eigenvalue weighted by molar-refractivity contribution is 7.33. The van der Waals surface area contributed by atoms with Crippen molar-refractivity contribution in [2.45, 2.75) is 6.42 Å². The number of rotatable bonds is 6. The van der Waals surface area contributed by atoms with E-state index in [1.165, 1.54) is 20.9 Å². The van der Waals surface area contributed by atoms with Crippen molar-refractivity contribution in [2.75, 3.05) is 13.2 Å². The lowest BCUT2D eigenvalue weighted by molar-refractivity contribution is -0.124. The first-order valence-electron chi connectivity index (χ1n) is 8.08. The topological polar surface area (TPSA) is 55.4 Å². The molecular weight excluding hydrogens is 386 g/mol. The highest BCUT2D eigenvalue weighted by Gasteiger charge is 2.16. The van der Waals surface area contributed by atoms with Gasteiger partial charge < -0.3 is 10.1 Å². The molecule has 0 atom stereocenters. The summed E-state index contributed by atoms with van der Waals surface area (Å²) in [5.74, 6) is -0.727. The summed E-state index contributed by atoms with van der Waals surface area (Å²) in [7, 11) is 0. The van der Waals surface area contributed by atoms with Crippen LogP contribution in [0.2, 0.25) is 0 Å². The van der Waals surface area contributed by atoms with Crippen LogP contribution >= 0.6 is 34.0 Å². The molecule has 0 spiro atoms. The summed E-state index contributed by atoms with van der Waals surface area (Å²) in [5, 5.41) is 5.93. The van der Waals surface area contributed by atoms with E-state index in [0.29, 0.717) is 11.4 Å². The van der Waals surface area contributed by atoms with Crippen molar-refractivity contribution in [1.82, 2.24) is 5.32 Å². The summed E-state index contributed by atoms with van der Waals surface area (Å²) in [4.78, 5) is 25.8. The minimum atomic E-state index is -0.448. The molecule has 4 aromatic rings. The van der Waals surface area contributed by atoms with E-state index in [1.807, 2.05) is 35.7 Å². The molecule has 1 N–H and O–H groups in total. The van der Waals surface area contributed by atoms with Gasteiger partial charge in [-0.3, -0.25) is 4.79 Å². The van der Waals surface area contributed by atoms with Crippen molar-refractivity contribution in [3.8, 4) is 0 Å². The quantitative estimate of drug-likeness (QED) is 0.477. The highest BCUT2D eigenvalue weighted by Crippen LogP contribution is 2.39. The van der Waals surface area contributed by atoms with Crippen LogP contribution in [0.3, 0.4) is 0 Å². The second kappa shape index (κ2) is 7.57. The van der Waals surface area contributed by atoms with Gasteiger partial charge in [-0.1, -0.05) is 24.3 Å². The van der Waals surface area contributed by atoms with Crippen LogP contribution in [0, 0.1) is 0 Å². The van der Waals surface area contributed by atoms with E-state index in [9.17, 15) is 9.59 Å². The molecule has 7 heteroatoms. The highest BCUT2D eigenvalue weighted by atomic mass is 32.1. The van der Waals surface area contributed by atoms with Gasteiger partial charge in [-0.15, -0.1) is 34.0 Å². The fraction of sp³-hybridized carbons (Fsp3) is 0.158. The number of hydrogen-bond donors (Lipinski definition) is 1. The number of thiophene rings is 3. The largest absolute Gasteiger partial charge is 0.451 e. The van der Waals surface area contributed by atoms with Gasteiger partial charge in [0.05, 0.1) is 4.70 Å². The zero-order valence-corrected chi connectivity index (χ0v) is 16.1. The molecule has 26 heavy (non-hydrogen) atoms. The molecule has 3 aromatic heterocycles. The molecule has 1 amide bonds. The van der Waals surface area contributed by atoms with Crippen molar-refractivity contribution in [2.24, 2.45) is 0 Å².